The van der Waals surface area contributed by atoms with Crippen molar-refractivity contribution in [2.45, 2.75) is 45.1 Å². The molecule has 1 N–H and O–H groups in total. The van der Waals surface area contributed by atoms with Crippen LogP contribution in [0.2, 0.25) is 5.02 Å². The van der Waals surface area contributed by atoms with Gasteiger partial charge in [0.05, 0.1) is 11.3 Å². The van der Waals surface area contributed by atoms with Crippen LogP contribution in [0.5, 0.6) is 0 Å². The third-order valence-corrected chi connectivity index (χ3v) is 4.09. The molecular formula is C15H20ClNO2. The molecule has 104 valence electrons. The molecule has 0 radical (unpaired) electrons. The number of halogens is 1. The highest BCUT2D eigenvalue weighted by Crippen LogP contribution is 2.31. The van der Waals surface area contributed by atoms with Crippen LogP contribution in [0.3, 0.4) is 0 Å². The van der Waals surface area contributed by atoms with Crippen molar-refractivity contribution >= 4 is 23.3 Å². The molecule has 0 unspecified atom stereocenters. The summed E-state index contributed by atoms with van der Waals surface area (Å²) in [7, 11) is 0. The van der Waals surface area contributed by atoms with Crippen LogP contribution in [0, 0.1) is 0 Å². The summed E-state index contributed by atoms with van der Waals surface area (Å²) < 4.78 is 0. The van der Waals surface area contributed by atoms with E-state index in [-0.39, 0.29) is 0 Å². The van der Waals surface area contributed by atoms with Gasteiger partial charge < -0.3 is 10.0 Å². The predicted octanol–water partition coefficient (Wildman–Crippen LogP) is 4.20. The second-order valence-corrected chi connectivity index (χ2v) is 5.48. The number of carboxylic acid groups (broad SMARTS) is 1. The van der Waals surface area contributed by atoms with E-state index in [1.54, 1.807) is 12.1 Å². The first kappa shape index (κ1) is 14.2. The first-order valence-corrected chi connectivity index (χ1v) is 7.30. The van der Waals surface area contributed by atoms with Crippen LogP contribution in [0.4, 0.5) is 5.69 Å². The van der Waals surface area contributed by atoms with Gasteiger partial charge in [0, 0.05) is 17.6 Å². The minimum Gasteiger partial charge on any atom is -0.478 e. The number of anilines is 1. The fraction of sp³-hybridized carbons (Fsp3) is 0.533. The number of hydrogen-bond acceptors (Lipinski definition) is 2. The third kappa shape index (κ3) is 3.21. The van der Waals surface area contributed by atoms with Crippen LogP contribution in [-0.2, 0) is 0 Å². The molecule has 1 fully saturated rings. The van der Waals surface area contributed by atoms with Gasteiger partial charge in [-0.2, -0.15) is 0 Å². The average Bonchev–Trinajstić information content (AvgIpc) is 2.42. The smallest absolute Gasteiger partial charge is 0.337 e. The molecule has 1 aliphatic rings. The molecule has 0 bridgehead atoms. The first-order valence-electron chi connectivity index (χ1n) is 6.93. The van der Waals surface area contributed by atoms with Crippen molar-refractivity contribution in [3.63, 3.8) is 0 Å². The predicted molar refractivity (Wildman–Crippen MR) is 78.3 cm³/mol. The average molecular weight is 282 g/mol. The maximum Gasteiger partial charge on any atom is 0.337 e. The highest BCUT2D eigenvalue weighted by Gasteiger charge is 2.23. The zero-order valence-electron chi connectivity index (χ0n) is 11.2. The summed E-state index contributed by atoms with van der Waals surface area (Å²) in [4.78, 5) is 13.6. The van der Waals surface area contributed by atoms with Crippen molar-refractivity contribution in [3.8, 4) is 0 Å². The zero-order valence-corrected chi connectivity index (χ0v) is 12.0. The van der Waals surface area contributed by atoms with Crippen LogP contribution < -0.4 is 4.90 Å². The number of nitrogens with zero attached hydrogens (tertiary/aromatic N) is 1. The molecule has 0 aromatic heterocycles. The van der Waals surface area contributed by atoms with Gasteiger partial charge in [-0.25, -0.2) is 4.79 Å². The standard InChI is InChI=1S/C15H20ClNO2/c1-2-17(12-6-4-3-5-7-12)14-9-8-11(16)10-13(14)15(18)19/h8-10,12H,2-7H2,1H3,(H,18,19). The van der Waals surface area contributed by atoms with E-state index >= 15 is 0 Å². The Morgan fingerprint density at radius 1 is 1.37 bits per heavy atom. The Balaban J connectivity index is 2.34. The van der Waals surface area contributed by atoms with E-state index in [0.29, 0.717) is 16.6 Å². The molecule has 19 heavy (non-hydrogen) atoms. The topological polar surface area (TPSA) is 40.5 Å². The molecule has 0 amide bonds. The summed E-state index contributed by atoms with van der Waals surface area (Å²) in [5, 5.41) is 9.82. The number of aromatic carboxylic acids is 1. The van der Waals surface area contributed by atoms with Crippen molar-refractivity contribution < 1.29 is 9.90 Å². The van der Waals surface area contributed by atoms with E-state index in [2.05, 4.69) is 11.8 Å². The van der Waals surface area contributed by atoms with Crippen LogP contribution >= 0.6 is 11.6 Å². The van der Waals surface area contributed by atoms with Gasteiger partial charge in [-0.15, -0.1) is 0 Å². The molecule has 1 aromatic carbocycles. The quantitative estimate of drug-likeness (QED) is 0.899. The third-order valence-electron chi connectivity index (χ3n) is 3.85. The fourth-order valence-electron chi connectivity index (χ4n) is 2.95. The summed E-state index contributed by atoms with van der Waals surface area (Å²) in [6, 6.07) is 5.61. The van der Waals surface area contributed by atoms with E-state index in [9.17, 15) is 9.90 Å². The summed E-state index contributed by atoms with van der Waals surface area (Å²) in [6.45, 7) is 2.90. The maximum absolute atomic E-state index is 11.4. The van der Waals surface area contributed by atoms with E-state index in [0.717, 1.165) is 25.1 Å². The lowest BCUT2D eigenvalue weighted by molar-refractivity contribution is 0.0697. The van der Waals surface area contributed by atoms with Gasteiger partial charge in [0.1, 0.15) is 0 Å². The van der Waals surface area contributed by atoms with Gasteiger partial charge in [0.25, 0.3) is 0 Å². The molecule has 0 saturated heterocycles. The molecule has 1 saturated carbocycles. The van der Waals surface area contributed by atoms with Gasteiger partial charge in [-0.1, -0.05) is 30.9 Å². The number of hydrogen-bond donors (Lipinski definition) is 1. The molecule has 0 atom stereocenters. The molecular weight excluding hydrogens is 262 g/mol. The molecule has 0 spiro atoms. The molecule has 3 nitrogen and oxygen atoms in total. The first-order chi connectivity index (χ1) is 9.13. The van der Waals surface area contributed by atoms with Crippen LogP contribution in [0.15, 0.2) is 18.2 Å². The van der Waals surface area contributed by atoms with Crippen molar-refractivity contribution in [1.82, 2.24) is 0 Å². The Morgan fingerprint density at radius 2 is 2.05 bits per heavy atom. The molecule has 0 aliphatic heterocycles. The molecule has 0 heterocycles. The van der Waals surface area contributed by atoms with E-state index in [1.807, 2.05) is 6.07 Å². The number of rotatable bonds is 4. The van der Waals surface area contributed by atoms with Crippen molar-refractivity contribution in [2.75, 3.05) is 11.4 Å². The summed E-state index contributed by atoms with van der Waals surface area (Å²) in [5.74, 6) is -0.910. The van der Waals surface area contributed by atoms with Gasteiger partial charge in [-0.3, -0.25) is 0 Å². The van der Waals surface area contributed by atoms with Crippen molar-refractivity contribution in [1.29, 1.82) is 0 Å². The highest BCUT2D eigenvalue weighted by molar-refractivity contribution is 6.31. The van der Waals surface area contributed by atoms with Crippen molar-refractivity contribution in [2.24, 2.45) is 0 Å². The second kappa shape index (κ2) is 6.29. The highest BCUT2D eigenvalue weighted by atomic mass is 35.5. The second-order valence-electron chi connectivity index (χ2n) is 5.04. The summed E-state index contributed by atoms with van der Waals surface area (Å²) in [5.41, 5.74) is 1.10. The Morgan fingerprint density at radius 3 is 2.63 bits per heavy atom. The minimum absolute atomic E-state index is 0.305. The Labute approximate surface area is 119 Å². The number of carboxylic acids is 1. The largest absolute Gasteiger partial charge is 0.478 e. The molecule has 2 rings (SSSR count). The van der Waals surface area contributed by atoms with Gasteiger partial charge in [0.2, 0.25) is 0 Å². The lowest BCUT2D eigenvalue weighted by Crippen LogP contribution is -2.37. The Hall–Kier alpha value is -1.22. The SMILES string of the molecule is CCN(c1ccc(Cl)cc1C(=O)O)C1CCCCC1. The van der Waals surface area contributed by atoms with E-state index < -0.39 is 5.97 Å². The number of carbonyl (C=O) groups is 1. The number of benzene rings is 1. The van der Waals surface area contributed by atoms with Gasteiger partial charge >= 0.3 is 5.97 Å². The minimum atomic E-state index is -0.910. The monoisotopic (exact) mass is 281 g/mol. The Kier molecular flexibility index (Phi) is 4.70. The summed E-state index contributed by atoms with van der Waals surface area (Å²) >= 11 is 5.91. The van der Waals surface area contributed by atoms with E-state index in [4.69, 9.17) is 11.6 Å². The van der Waals surface area contributed by atoms with Gasteiger partial charge in [0.15, 0.2) is 0 Å². The molecule has 1 aliphatic carbocycles. The lowest BCUT2D eigenvalue weighted by Gasteiger charge is -2.36. The Bertz CT molecular complexity index is 455. The fourth-order valence-corrected chi connectivity index (χ4v) is 3.12. The molecule has 4 heteroatoms. The van der Waals surface area contributed by atoms with Crippen LogP contribution in [-0.4, -0.2) is 23.7 Å². The normalized spacial score (nSPS) is 16.3. The zero-order chi connectivity index (χ0) is 13.8. The molecule has 1 aromatic rings. The van der Waals surface area contributed by atoms with Crippen LogP contribution in [0.1, 0.15) is 49.4 Å². The maximum atomic E-state index is 11.4. The van der Waals surface area contributed by atoms with Crippen LogP contribution in [0.25, 0.3) is 0 Å². The van der Waals surface area contributed by atoms with Crippen molar-refractivity contribution in [3.05, 3.63) is 28.8 Å². The van der Waals surface area contributed by atoms with Gasteiger partial charge in [-0.05, 0) is 38.0 Å². The van der Waals surface area contributed by atoms with E-state index in [1.165, 1.54) is 19.3 Å². The lowest BCUT2D eigenvalue weighted by atomic mass is 9.93. The summed E-state index contributed by atoms with van der Waals surface area (Å²) in [6.07, 6.45) is 6.06.